The van der Waals surface area contributed by atoms with Gasteiger partial charge in [-0.2, -0.15) is 4.98 Å². The molecule has 3 aromatic rings. The van der Waals surface area contributed by atoms with Gasteiger partial charge in [0, 0.05) is 18.2 Å². The Bertz CT molecular complexity index is 831. The van der Waals surface area contributed by atoms with E-state index in [9.17, 15) is 0 Å². The fraction of sp³-hybridized carbons (Fsp3) is 0.429. The summed E-state index contributed by atoms with van der Waals surface area (Å²) in [6, 6.07) is 4.35. The molecule has 1 aliphatic heterocycles. The molecule has 1 aliphatic carbocycles. The van der Waals surface area contributed by atoms with Gasteiger partial charge in [-0.1, -0.05) is 12.8 Å². The minimum atomic E-state index is 0.271. The van der Waals surface area contributed by atoms with Crippen LogP contribution < -0.4 is 14.8 Å². The van der Waals surface area contributed by atoms with Crippen LogP contribution in [0.5, 0.6) is 11.5 Å². The number of nitrogens with one attached hydrogen (secondary N) is 2. The number of hydrogen-bond donors (Lipinski definition) is 2. The summed E-state index contributed by atoms with van der Waals surface area (Å²) < 4.78 is 12.7. The zero-order valence-corrected chi connectivity index (χ0v) is 11.4. The van der Waals surface area contributed by atoms with Crippen LogP contribution in [-0.2, 0) is 0 Å². The molecule has 0 saturated heterocycles. The Morgan fingerprint density at radius 1 is 1.14 bits per heavy atom. The molecule has 5 rings (SSSR count). The fourth-order valence-corrected chi connectivity index (χ4v) is 3.20. The van der Waals surface area contributed by atoms with Crippen LogP contribution in [0.25, 0.3) is 16.8 Å². The van der Waals surface area contributed by atoms with Crippen molar-refractivity contribution in [3.8, 4) is 11.5 Å². The van der Waals surface area contributed by atoms with Crippen LogP contribution in [0.1, 0.15) is 25.7 Å². The van der Waals surface area contributed by atoms with Gasteiger partial charge in [0.1, 0.15) is 0 Å². The van der Waals surface area contributed by atoms with E-state index in [1.54, 1.807) is 0 Å². The van der Waals surface area contributed by atoms with E-state index in [1.807, 2.05) is 16.6 Å². The van der Waals surface area contributed by atoms with Gasteiger partial charge in [-0.05, 0) is 12.8 Å². The van der Waals surface area contributed by atoms with Crippen LogP contribution in [0, 0.1) is 0 Å². The first kappa shape index (κ1) is 11.2. The van der Waals surface area contributed by atoms with Crippen LogP contribution >= 0.6 is 0 Å². The van der Waals surface area contributed by atoms with Crippen molar-refractivity contribution in [1.82, 2.24) is 19.6 Å². The highest BCUT2D eigenvalue weighted by molar-refractivity contribution is 5.83. The van der Waals surface area contributed by atoms with Gasteiger partial charge in [0.05, 0.1) is 11.0 Å². The first-order valence-corrected chi connectivity index (χ1v) is 7.31. The number of aromatic nitrogens is 4. The van der Waals surface area contributed by atoms with Gasteiger partial charge in [-0.3, -0.25) is 5.10 Å². The summed E-state index contributed by atoms with van der Waals surface area (Å²) in [5.41, 5.74) is 1.80. The molecule has 7 heteroatoms. The quantitative estimate of drug-likeness (QED) is 0.755. The van der Waals surface area contributed by atoms with Gasteiger partial charge in [0.2, 0.25) is 12.7 Å². The molecule has 21 heavy (non-hydrogen) atoms. The average molecular weight is 285 g/mol. The van der Waals surface area contributed by atoms with Crippen molar-refractivity contribution >= 4 is 22.8 Å². The number of ether oxygens (including phenoxy) is 2. The zero-order chi connectivity index (χ0) is 13.8. The molecule has 2 aliphatic rings. The minimum Gasteiger partial charge on any atom is -0.454 e. The van der Waals surface area contributed by atoms with Crippen molar-refractivity contribution in [2.24, 2.45) is 0 Å². The number of imidazole rings is 1. The highest BCUT2D eigenvalue weighted by Crippen LogP contribution is 2.36. The monoisotopic (exact) mass is 285 g/mol. The first-order chi connectivity index (χ1) is 10.4. The Labute approximate surface area is 120 Å². The SMILES string of the molecule is c1c2c(cc3c1nc1nc(NC4CCCC4)[nH]n13)OCO2. The summed E-state index contributed by atoms with van der Waals surface area (Å²) >= 11 is 0. The number of benzene rings is 1. The summed E-state index contributed by atoms with van der Waals surface area (Å²) in [5, 5.41) is 6.72. The molecule has 0 amide bonds. The molecular weight excluding hydrogens is 270 g/mol. The third-order valence-electron chi connectivity index (χ3n) is 4.26. The number of H-pyrrole nitrogens is 1. The summed E-state index contributed by atoms with van der Waals surface area (Å²) in [6.45, 7) is 0.271. The number of fused-ring (bicyclic) bond motifs is 4. The second-order valence-corrected chi connectivity index (χ2v) is 5.64. The van der Waals surface area contributed by atoms with Crippen LogP contribution in [0.15, 0.2) is 12.1 Å². The lowest BCUT2D eigenvalue weighted by atomic mass is 10.3. The molecule has 2 aromatic heterocycles. The average Bonchev–Trinajstić information content (AvgIpc) is 3.20. The minimum absolute atomic E-state index is 0.271. The number of anilines is 1. The molecular formula is C14H15N5O2. The number of hydrogen-bond acceptors (Lipinski definition) is 5. The molecule has 0 bridgehead atoms. The van der Waals surface area contributed by atoms with Gasteiger partial charge in [0.15, 0.2) is 11.5 Å². The fourth-order valence-electron chi connectivity index (χ4n) is 3.20. The van der Waals surface area contributed by atoms with Gasteiger partial charge in [-0.15, -0.1) is 0 Å². The normalized spacial score (nSPS) is 18.1. The van der Waals surface area contributed by atoms with Crippen molar-refractivity contribution in [2.75, 3.05) is 12.1 Å². The predicted molar refractivity (Wildman–Crippen MR) is 76.8 cm³/mol. The van der Waals surface area contributed by atoms with E-state index in [1.165, 1.54) is 25.7 Å². The zero-order valence-electron chi connectivity index (χ0n) is 11.4. The van der Waals surface area contributed by atoms with Crippen LogP contribution in [0.4, 0.5) is 5.95 Å². The van der Waals surface area contributed by atoms with Crippen molar-refractivity contribution in [3.05, 3.63) is 12.1 Å². The predicted octanol–water partition coefficient (Wildman–Crippen LogP) is 2.29. The molecule has 0 spiro atoms. The molecule has 2 N–H and O–H groups in total. The van der Waals surface area contributed by atoms with E-state index >= 15 is 0 Å². The molecule has 1 saturated carbocycles. The van der Waals surface area contributed by atoms with Gasteiger partial charge in [-0.25, -0.2) is 9.50 Å². The Morgan fingerprint density at radius 2 is 1.95 bits per heavy atom. The molecule has 108 valence electrons. The molecule has 3 heterocycles. The van der Waals surface area contributed by atoms with E-state index < -0.39 is 0 Å². The van der Waals surface area contributed by atoms with E-state index in [0.717, 1.165) is 28.5 Å². The third kappa shape index (κ3) is 1.66. The van der Waals surface area contributed by atoms with E-state index in [2.05, 4.69) is 20.4 Å². The smallest absolute Gasteiger partial charge is 0.253 e. The molecule has 0 unspecified atom stereocenters. The van der Waals surface area contributed by atoms with Crippen molar-refractivity contribution in [3.63, 3.8) is 0 Å². The molecule has 1 aromatic carbocycles. The maximum absolute atomic E-state index is 5.43. The van der Waals surface area contributed by atoms with E-state index in [4.69, 9.17) is 9.47 Å². The number of rotatable bonds is 2. The Balaban J connectivity index is 1.58. The lowest BCUT2D eigenvalue weighted by Gasteiger charge is -2.09. The second kappa shape index (κ2) is 4.03. The maximum atomic E-state index is 5.43. The van der Waals surface area contributed by atoms with Crippen molar-refractivity contribution < 1.29 is 9.47 Å². The Kier molecular flexibility index (Phi) is 2.16. The van der Waals surface area contributed by atoms with Crippen LogP contribution in [0.2, 0.25) is 0 Å². The molecule has 0 atom stereocenters. The Hall–Kier alpha value is -2.44. The standard InChI is InChI=1S/C14H15N5O2/c1-2-4-8(3-1)15-13-17-14-16-9-5-11-12(21-7-20-11)6-10(9)19(14)18-13/h5-6,8H,1-4,7H2,(H2,15,16,17,18). The molecule has 0 radical (unpaired) electrons. The van der Waals surface area contributed by atoms with Gasteiger partial charge < -0.3 is 14.8 Å². The van der Waals surface area contributed by atoms with E-state index in [0.29, 0.717) is 11.8 Å². The number of nitrogens with zero attached hydrogens (tertiary/aromatic N) is 3. The maximum Gasteiger partial charge on any atom is 0.253 e. The molecule has 1 fully saturated rings. The van der Waals surface area contributed by atoms with Crippen molar-refractivity contribution in [2.45, 2.75) is 31.7 Å². The topological polar surface area (TPSA) is 76.5 Å². The third-order valence-corrected chi connectivity index (χ3v) is 4.26. The lowest BCUT2D eigenvalue weighted by molar-refractivity contribution is 0.174. The van der Waals surface area contributed by atoms with Gasteiger partial charge >= 0.3 is 0 Å². The largest absolute Gasteiger partial charge is 0.454 e. The lowest BCUT2D eigenvalue weighted by Crippen LogP contribution is -2.15. The Morgan fingerprint density at radius 3 is 2.81 bits per heavy atom. The van der Waals surface area contributed by atoms with Crippen LogP contribution in [0.3, 0.4) is 0 Å². The summed E-state index contributed by atoms with van der Waals surface area (Å²) in [7, 11) is 0. The molecule has 7 nitrogen and oxygen atoms in total. The summed E-state index contributed by atoms with van der Waals surface area (Å²) in [5.74, 6) is 2.94. The van der Waals surface area contributed by atoms with E-state index in [-0.39, 0.29) is 6.79 Å². The highest BCUT2D eigenvalue weighted by atomic mass is 16.7. The number of aromatic amines is 1. The summed E-state index contributed by atoms with van der Waals surface area (Å²) in [4.78, 5) is 9.05. The van der Waals surface area contributed by atoms with Crippen molar-refractivity contribution in [1.29, 1.82) is 0 Å². The van der Waals surface area contributed by atoms with Crippen LogP contribution in [-0.4, -0.2) is 32.4 Å². The second-order valence-electron chi connectivity index (χ2n) is 5.64. The van der Waals surface area contributed by atoms with Gasteiger partial charge in [0.25, 0.3) is 5.78 Å². The highest BCUT2D eigenvalue weighted by Gasteiger charge is 2.20. The summed E-state index contributed by atoms with van der Waals surface area (Å²) in [6.07, 6.45) is 5.01. The first-order valence-electron chi connectivity index (χ1n) is 7.31.